The SMILES string of the molecule is Cc1nn(Cc2ccc(Cl)cc2)c(Cl)c1/C=N\NC(=O)C1CC1. The van der Waals surface area contributed by atoms with Gasteiger partial charge < -0.3 is 0 Å². The molecule has 1 aromatic heterocycles. The van der Waals surface area contributed by atoms with E-state index in [4.69, 9.17) is 23.2 Å². The normalized spacial score (nSPS) is 14.4. The van der Waals surface area contributed by atoms with Gasteiger partial charge in [0.1, 0.15) is 5.15 Å². The van der Waals surface area contributed by atoms with Crippen LogP contribution in [0.4, 0.5) is 0 Å². The van der Waals surface area contributed by atoms with E-state index in [2.05, 4.69) is 15.6 Å². The van der Waals surface area contributed by atoms with Crippen LogP contribution < -0.4 is 5.43 Å². The lowest BCUT2D eigenvalue weighted by Gasteiger charge is -2.03. The Kier molecular flexibility index (Phi) is 4.68. The topological polar surface area (TPSA) is 59.3 Å². The van der Waals surface area contributed by atoms with Crippen molar-refractivity contribution in [3.8, 4) is 0 Å². The zero-order valence-corrected chi connectivity index (χ0v) is 14.1. The summed E-state index contributed by atoms with van der Waals surface area (Å²) in [5.41, 5.74) is 5.04. The lowest BCUT2D eigenvalue weighted by Crippen LogP contribution is -2.19. The average Bonchev–Trinajstić information content (AvgIpc) is 3.33. The van der Waals surface area contributed by atoms with E-state index >= 15 is 0 Å². The van der Waals surface area contributed by atoms with Gasteiger partial charge in [-0.3, -0.25) is 4.79 Å². The lowest BCUT2D eigenvalue weighted by atomic mass is 10.2. The third-order valence-corrected chi connectivity index (χ3v) is 4.32. The van der Waals surface area contributed by atoms with Gasteiger partial charge in [-0.05, 0) is 37.5 Å². The van der Waals surface area contributed by atoms with E-state index in [9.17, 15) is 4.79 Å². The van der Waals surface area contributed by atoms with Crippen molar-refractivity contribution < 1.29 is 4.79 Å². The Bertz CT molecular complexity index is 748. The summed E-state index contributed by atoms with van der Waals surface area (Å²) < 4.78 is 1.70. The molecule has 5 nitrogen and oxygen atoms in total. The number of carbonyl (C=O) groups is 1. The van der Waals surface area contributed by atoms with Gasteiger partial charge >= 0.3 is 0 Å². The van der Waals surface area contributed by atoms with E-state index < -0.39 is 0 Å². The summed E-state index contributed by atoms with van der Waals surface area (Å²) in [5.74, 6) is 0.0833. The quantitative estimate of drug-likeness (QED) is 0.663. The number of rotatable bonds is 5. The van der Waals surface area contributed by atoms with E-state index in [-0.39, 0.29) is 11.8 Å². The van der Waals surface area contributed by atoms with Gasteiger partial charge in [0.25, 0.3) is 0 Å². The van der Waals surface area contributed by atoms with Crippen molar-refractivity contribution in [2.75, 3.05) is 0 Å². The predicted molar refractivity (Wildman–Crippen MR) is 91.0 cm³/mol. The number of benzene rings is 1. The molecule has 0 bridgehead atoms. The monoisotopic (exact) mass is 350 g/mol. The molecule has 1 saturated carbocycles. The van der Waals surface area contributed by atoms with Crippen LogP contribution in [0.15, 0.2) is 29.4 Å². The molecule has 0 spiro atoms. The van der Waals surface area contributed by atoms with Crippen molar-refractivity contribution in [1.82, 2.24) is 15.2 Å². The molecular formula is C16H16Cl2N4O. The van der Waals surface area contributed by atoms with Gasteiger partial charge in [0, 0.05) is 10.9 Å². The van der Waals surface area contributed by atoms with Gasteiger partial charge in [-0.15, -0.1) is 0 Å². The second-order valence-corrected chi connectivity index (χ2v) is 6.38. The highest BCUT2D eigenvalue weighted by atomic mass is 35.5. The van der Waals surface area contributed by atoms with Crippen molar-refractivity contribution in [2.45, 2.75) is 26.3 Å². The maximum absolute atomic E-state index is 11.5. The Morgan fingerprint density at radius 3 is 2.74 bits per heavy atom. The minimum absolute atomic E-state index is 0.0384. The molecule has 23 heavy (non-hydrogen) atoms. The molecule has 1 fully saturated rings. The molecule has 1 aliphatic carbocycles. The fourth-order valence-corrected chi connectivity index (χ4v) is 2.59. The summed E-state index contributed by atoms with van der Waals surface area (Å²) in [6.45, 7) is 2.40. The number of amides is 1. The molecule has 1 aliphatic rings. The number of nitrogens with one attached hydrogen (secondary N) is 1. The first-order chi connectivity index (χ1) is 11.0. The van der Waals surface area contributed by atoms with Gasteiger partial charge in [0.05, 0.1) is 24.0 Å². The first-order valence-electron chi connectivity index (χ1n) is 7.35. The smallest absolute Gasteiger partial charge is 0.243 e. The fourth-order valence-electron chi connectivity index (χ4n) is 2.18. The Labute approximate surface area is 144 Å². The highest BCUT2D eigenvalue weighted by Crippen LogP contribution is 2.28. The minimum Gasteiger partial charge on any atom is -0.273 e. The molecular weight excluding hydrogens is 335 g/mol. The second kappa shape index (κ2) is 6.72. The van der Waals surface area contributed by atoms with Crippen molar-refractivity contribution in [1.29, 1.82) is 0 Å². The molecule has 0 saturated heterocycles. The third-order valence-electron chi connectivity index (χ3n) is 3.67. The van der Waals surface area contributed by atoms with Crippen LogP contribution in [0, 0.1) is 12.8 Å². The molecule has 1 N–H and O–H groups in total. The van der Waals surface area contributed by atoms with Crippen molar-refractivity contribution in [2.24, 2.45) is 11.0 Å². The van der Waals surface area contributed by atoms with Crippen LogP contribution in [-0.4, -0.2) is 21.9 Å². The number of aromatic nitrogens is 2. The summed E-state index contributed by atoms with van der Waals surface area (Å²) >= 11 is 12.3. The molecule has 1 amide bonds. The predicted octanol–water partition coefficient (Wildman–Crippen LogP) is 3.41. The maximum atomic E-state index is 11.5. The van der Waals surface area contributed by atoms with Crippen LogP contribution in [-0.2, 0) is 11.3 Å². The largest absolute Gasteiger partial charge is 0.273 e. The van der Waals surface area contributed by atoms with Crippen molar-refractivity contribution >= 4 is 35.3 Å². The van der Waals surface area contributed by atoms with E-state index in [1.807, 2.05) is 31.2 Å². The van der Waals surface area contributed by atoms with Gasteiger partial charge in [0.2, 0.25) is 5.91 Å². The Morgan fingerprint density at radius 2 is 2.09 bits per heavy atom. The number of aryl methyl sites for hydroxylation is 1. The summed E-state index contributed by atoms with van der Waals surface area (Å²) in [6, 6.07) is 7.52. The van der Waals surface area contributed by atoms with Gasteiger partial charge in [-0.1, -0.05) is 35.3 Å². The van der Waals surface area contributed by atoms with Crippen molar-refractivity contribution in [3.05, 3.63) is 51.3 Å². The molecule has 3 rings (SSSR count). The van der Waals surface area contributed by atoms with Crippen LogP contribution in [0.2, 0.25) is 10.2 Å². The average molecular weight is 351 g/mol. The minimum atomic E-state index is -0.0384. The Hall–Kier alpha value is -1.85. The van der Waals surface area contributed by atoms with Crippen LogP contribution in [0.5, 0.6) is 0 Å². The third kappa shape index (κ3) is 3.92. The number of carbonyl (C=O) groups excluding carboxylic acids is 1. The summed E-state index contributed by atoms with van der Waals surface area (Å²) in [7, 11) is 0. The molecule has 1 aromatic carbocycles. The Balaban J connectivity index is 1.71. The lowest BCUT2D eigenvalue weighted by molar-refractivity contribution is -0.122. The molecule has 120 valence electrons. The highest BCUT2D eigenvalue weighted by Gasteiger charge is 2.29. The summed E-state index contributed by atoms with van der Waals surface area (Å²) in [5, 5.41) is 9.58. The molecule has 0 radical (unpaired) electrons. The number of hydrogen-bond acceptors (Lipinski definition) is 3. The summed E-state index contributed by atoms with van der Waals surface area (Å²) in [6.07, 6.45) is 3.43. The number of hydrazone groups is 1. The second-order valence-electron chi connectivity index (χ2n) is 5.58. The molecule has 7 heteroatoms. The molecule has 2 aromatic rings. The molecule has 0 atom stereocenters. The fraction of sp³-hybridized carbons (Fsp3) is 0.312. The molecule has 0 unspecified atom stereocenters. The zero-order valence-electron chi connectivity index (χ0n) is 12.6. The van der Waals surface area contributed by atoms with Gasteiger partial charge in [-0.25, -0.2) is 10.1 Å². The van der Waals surface area contributed by atoms with Crippen LogP contribution in [0.1, 0.15) is 29.7 Å². The van der Waals surface area contributed by atoms with E-state index in [1.54, 1.807) is 10.9 Å². The van der Waals surface area contributed by atoms with E-state index in [0.29, 0.717) is 22.3 Å². The maximum Gasteiger partial charge on any atom is 0.243 e. The highest BCUT2D eigenvalue weighted by molar-refractivity contribution is 6.32. The number of halogens is 2. The van der Waals surface area contributed by atoms with E-state index in [1.165, 1.54) is 0 Å². The van der Waals surface area contributed by atoms with Gasteiger partial charge in [-0.2, -0.15) is 10.2 Å². The number of hydrogen-bond donors (Lipinski definition) is 1. The first kappa shape index (κ1) is 16.0. The Morgan fingerprint density at radius 1 is 1.39 bits per heavy atom. The summed E-state index contributed by atoms with van der Waals surface area (Å²) in [4.78, 5) is 11.5. The zero-order chi connectivity index (χ0) is 16.4. The van der Waals surface area contributed by atoms with Crippen LogP contribution in [0.3, 0.4) is 0 Å². The van der Waals surface area contributed by atoms with Crippen molar-refractivity contribution in [3.63, 3.8) is 0 Å². The van der Waals surface area contributed by atoms with Crippen LogP contribution >= 0.6 is 23.2 Å². The van der Waals surface area contributed by atoms with Gasteiger partial charge in [0.15, 0.2) is 0 Å². The number of nitrogens with zero attached hydrogens (tertiary/aromatic N) is 3. The van der Waals surface area contributed by atoms with E-state index in [0.717, 1.165) is 24.1 Å². The molecule has 0 aliphatic heterocycles. The molecule has 1 heterocycles. The first-order valence-corrected chi connectivity index (χ1v) is 8.10. The van der Waals surface area contributed by atoms with Crippen LogP contribution in [0.25, 0.3) is 0 Å². The standard InChI is InChI=1S/C16H16Cl2N4O/c1-10-14(8-19-20-16(23)12-4-5-12)15(18)22(21-10)9-11-2-6-13(17)7-3-11/h2-3,6-8,12H,4-5,9H2,1H3,(H,20,23)/b19-8-.